The molecule has 92 valence electrons. The van der Waals surface area contributed by atoms with Gasteiger partial charge in [-0.2, -0.15) is 0 Å². The minimum atomic E-state index is -0.453. The largest absolute Gasteiger partial charge is 0.389 e. The van der Waals surface area contributed by atoms with Crippen LogP contribution in [0.5, 0.6) is 0 Å². The van der Waals surface area contributed by atoms with Crippen LogP contribution in [-0.2, 0) is 12.8 Å². The van der Waals surface area contributed by atoms with Crippen molar-refractivity contribution < 1.29 is 5.11 Å². The van der Waals surface area contributed by atoms with E-state index in [4.69, 9.17) is 0 Å². The summed E-state index contributed by atoms with van der Waals surface area (Å²) in [5, 5.41) is 13.9. The lowest BCUT2D eigenvalue weighted by Crippen LogP contribution is -2.46. The van der Waals surface area contributed by atoms with Gasteiger partial charge in [-0.1, -0.05) is 24.3 Å². The Morgan fingerprint density at radius 3 is 2.53 bits per heavy atom. The van der Waals surface area contributed by atoms with E-state index in [1.165, 1.54) is 11.1 Å². The third-order valence-corrected chi connectivity index (χ3v) is 4.25. The SMILES string of the molecule is OC1(CC2Cc3ccccc3C2)CCCNC1. The summed E-state index contributed by atoms with van der Waals surface area (Å²) in [5.41, 5.74) is 2.53. The second kappa shape index (κ2) is 4.43. The van der Waals surface area contributed by atoms with Crippen LogP contribution in [0.4, 0.5) is 0 Å². The zero-order chi connectivity index (χ0) is 11.7. The second-order valence-electron chi connectivity index (χ2n) is 5.75. The number of rotatable bonds is 2. The number of nitrogens with one attached hydrogen (secondary N) is 1. The Kier molecular flexibility index (Phi) is 2.93. The number of β-amino-alcohol motifs (C(OH)–C–C–N with tert-alkyl or cyclic N) is 1. The first-order chi connectivity index (χ1) is 8.25. The molecule has 1 aliphatic heterocycles. The molecule has 2 aliphatic rings. The molecule has 0 bridgehead atoms. The van der Waals surface area contributed by atoms with Crippen LogP contribution >= 0.6 is 0 Å². The van der Waals surface area contributed by atoms with E-state index in [0.717, 1.165) is 45.2 Å². The first kappa shape index (κ1) is 11.2. The second-order valence-corrected chi connectivity index (χ2v) is 5.75. The van der Waals surface area contributed by atoms with Crippen LogP contribution in [0.3, 0.4) is 0 Å². The number of benzene rings is 1. The molecular formula is C15H21NO. The van der Waals surface area contributed by atoms with Crippen molar-refractivity contribution in [3.8, 4) is 0 Å². The maximum atomic E-state index is 10.5. The normalized spacial score (nSPS) is 29.2. The van der Waals surface area contributed by atoms with Crippen LogP contribution in [0.2, 0.25) is 0 Å². The molecule has 1 unspecified atom stereocenters. The van der Waals surface area contributed by atoms with Gasteiger partial charge in [-0.3, -0.25) is 0 Å². The summed E-state index contributed by atoms with van der Waals surface area (Å²) < 4.78 is 0. The molecule has 17 heavy (non-hydrogen) atoms. The van der Waals surface area contributed by atoms with E-state index in [1.54, 1.807) is 0 Å². The summed E-state index contributed by atoms with van der Waals surface area (Å²) in [6.07, 6.45) is 5.33. The minimum Gasteiger partial charge on any atom is -0.389 e. The van der Waals surface area contributed by atoms with E-state index in [2.05, 4.69) is 29.6 Å². The van der Waals surface area contributed by atoms with Crippen molar-refractivity contribution in [2.75, 3.05) is 13.1 Å². The van der Waals surface area contributed by atoms with E-state index in [1.807, 2.05) is 0 Å². The highest BCUT2D eigenvalue weighted by Crippen LogP contribution is 2.34. The van der Waals surface area contributed by atoms with Crippen molar-refractivity contribution in [3.63, 3.8) is 0 Å². The van der Waals surface area contributed by atoms with Gasteiger partial charge in [-0.15, -0.1) is 0 Å². The summed E-state index contributed by atoms with van der Waals surface area (Å²) in [6, 6.07) is 8.72. The molecule has 0 saturated carbocycles. The Labute approximate surface area is 103 Å². The number of fused-ring (bicyclic) bond motifs is 1. The van der Waals surface area contributed by atoms with Crippen molar-refractivity contribution in [3.05, 3.63) is 35.4 Å². The molecule has 2 heteroatoms. The van der Waals surface area contributed by atoms with E-state index >= 15 is 0 Å². The maximum absolute atomic E-state index is 10.5. The Morgan fingerprint density at radius 2 is 1.94 bits per heavy atom. The fraction of sp³-hybridized carbons (Fsp3) is 0.600. The smallest absolute Gasteiger partial charge is 0.0774 e. The number of hydrogen-bond acceptors (Lipinski definition) is 2. The van der Waals surface area contributed by atoms with Gasteiger partial charge >= 0.3 is 0 Å². The zero-order valence-corrected chi connectivity index (χ0v) is 10.3. The standard InChI is InChI=1S/C15H21NO/c17-15(6-3-7-16-11-15)10-12-8-13-4-1-2-5-14(13)9-12/h1-2,4-5,12,16-17H,3,6-11H2. The molecule has 0 aromatic heterocycles. The van der Waals surface area contributed by atoms with Gasteiger partial charge in [0.15, 0.2) is 0 Å². The summed E-state index contributed by atoms with van der Waals surface area (Å²) in [7, 11) is 0. The van der Waals surface area contributed by atoms with Gasteiger partial charge < -0.3 is 10.4 Å². The van der Waals surface area contributed by atoms with Crippen LogP contribution < -0.4 is 5.32 Å². The van der Waals surface area contributed by atoms with Crippen molar-refractivity contribution in [2.24, 2.45) is 5.92 Å². The van der Waals surface area contributed by atoms with Crippen molar-refractivity contribution in [2.45, 2.75) is 37.7 Å². The highest BCUT2D eigenvalue weighted by atomic mass is 16.3. The summed E-state index contributed by atoms with van der Waals surface area (Å²) in [5.74, 6) is 0.636. The Morgan fingerprint density at radius 1 is 1.24 bits per heavy atom. The lowest BCUT2D eigenvalue weighted by atomic mass is 9.83. The van der Waals surface area contributed by atoms with E-state index in [0.29, 0.717) is 5.92 Å². The summed E-state index contributed by atoms with van der Waals surface area (Å²) in [6.45, 7) is 1.84. The van der Waals surface area contributed by atoms with Gasteiger partial charge in [0.25, 0.3) is 0 Å². The van der Waals surface area contributed by atoms with E-state index in [9.17, 15) is 5.11 Å². The number of aliphatic hydroxyl groups is 1. The first-order valence-corrected chi connectivity index (χ1v) is 6.75. The molecule has 1 aliphatic carbocycles. The average Bonchev–Trinajstić information content (AvgIpc) is 2.71. The summed E-state index contributed by atoms with van der Waals surface area (Å²) >= 11 is 0. The highest BCUT2D eigenvalue weighted by Gasteiger charge is 2.34. The average molecular weight is 231 g/mol. The topological polar surface area (TPSA) is 32.3 Å². The zero-order valence-electron chi connectivity index (χ0n) is 10.3. The molecule has 0 spiro atoms. The van der Waals surface area contributed by atoms with Gasteiger partial charge in [0.05, 0.1) is 5.60 Å². The van der Waals surface area contributed by atoms with Crippen LogP contribution in [0.15, 0.2) is 24.3 Å². The van der Waals surface area contributed by atoms with Crippen molar-refractivity contribution >= 4 is 0 Å². The molecule has 3 rings (SSSR count). The molecule has 0 amide bonds. The molecule has 0 radical (unpaired) electrons. The fourth-order valence-electron chi connectivity index (χ4n) is 3.46. The van der Waals surface area contributed by atoms with Gasteiger partial charge in [-0.05, 0) is 55.7 Å². The molecule has 1 atom stereocenters. The predicted octanol–water partition coefficient (Wildman–Crippen LogP) is 1.91. The highest BCUT2D eigenvalue weighted by molar-refractivity contribution is 5.32. The molecule has 2 N–H and O–H groups in total. The molecule has 1 fully saturated rings. The first-order valence-electron chi connectivity index (χ1n) is 6.75. The van der Waals surface area contributed by atoms with Crippen LogP contribution in [0.25, 0.3) is 0 Å². The van der Waals surface area contributed by atoms with Crippen molar-refractivity contribution in [1.29, 1.82) is 0 Å². The quantitative estimate of drug-likeness (QED) is 0.815. The van der Waals surface area contributed by atoms with E-state index in [-0.39, 0.29) is 0 Å². The number of piperidine rings is 1. The lowest BCUT2D eigenvalue weighted by molar-refractivity contribution is -0.00470. The van der Waals surface area contributed by atoms with Gasteiger partial charge in [0, 0.05) is 6.54 Å². The van der Waals surface area contributed by atoms with Gasteiger partial charge in [0.1, 0.15) is 0 Å². The third-order valence-electron chi connectivity index (χ3n) is 4.25. The minimum absolute atomic E-state index is 0.453. The Bertz CT molecular complexity index is 371. The Hall–Kier alpha value is -0.860. The van der Waals surface area contributed by atoms with Crippen LogP contribution in [-0.4, -0.2) is 23.8 Å². The summed E-state index contributed by atoms with van der Waals surface area (Å²) in [4.78, 5) is 0. The Balaban J connectivity index is 1.65. The molecule has 1 saturated heterocycles. The number of hydrogen-bond donors (Lipinski definition) is 2. The maximum Gasteiger partial charge on any atom is 0.0774 e. The monoisotopic (exact) mass is 231 g/mol. The third kappa shape index (κ3) is 2.38. The fourth-order valence-corrected chi connectivity index (χ4v) is 3.46. The van der Waals surface area contributed by atoms with Crippen molar-refractivity contribution in [1.82, 2.24) is 5.32 Å². The molecule has 2 nitrogen and oxygen atoms in total. The predicted molar refractivity (Wildman–Crippen MR) is 69.0 cm³/mol. The van der Waals surface area contributed by atoms with Crippen LogP contribution in [0.1, 0.15) is 30.4 Å². The molecule has 1 heterocycles. The lowest BCUT2D eigenvalue weighted by Gasteiger charge is -2.34. The van der Waals surface area contributed by atoms with Crippen LogP contribution in [0, 0.1) is 5.92 Å². The molecule has 1 aromatic rings. The molecular weight excluding hydrogens is 210 g/mol. The molecule has 1 aromatic carbocycles. The van der Waals surface area contributed by atoms with Gasteiger partial charge in [0.2, 0.25) is 0 Å². The van der Waals surface area contributed by atoms with E-state index < -0.39 is 5.60 Å². The van der Waals surface area contributed by atoms with Gasteiger partial charge in [-0.25, -0.2) is 0 Å².